The van der Waals surface area contributed by atoms with Gasteiger partial charge in [0.15, 0.2) is 0 Å². The van der Waals surface area contributed by atoms with Crippen molar-refractivity contribution in [3.05, 3.63) is 0 Å². The van der Waals surface area contributed by atoms with Gasteiger partial charge in [-0.05, 0) is 32.6 Å². The third-order valence-electron chi connectivity index (χ3n) is 3.11. The van der Waals surface area contributed by atoms with Gasteiger partial charge in [0.2, 0.25) is 11.9 Å². The van der Waals surface area contributed by atoms with E-state index in [-0.39, 0.29) is 0 Å². The van der Waals surface area contributed by atoms with Crippen LogP contribution in [0.4, 0.5) is 11.9 Å². The summed E-state index contributed by atoms with van der Waals surface area (Å²) in [6.07, 6.45) is 2.16. The summed E-state index contributed by atoms with van der Waals surface area (Å²) in [5, 5.41) is 6.36. The quantitative estimate of drug-likeness (QED) is 0.784. The minimum Gasteiger partial charge on any atom is -0.464 e. The molecule has 2 N–H and O–H groups in total. The second kappa shape index (κ2) is 7.84. The smallest absolute Gasteiger partial charge is 0.323 e. The molecule has 0 aromatic carbocycles. The lowest BCUT2D eigenvalue weighted by Gasteiger charge is -2.22. The minimum atomic E-state index is 0.355. The Morgan fingerprint density at radius 2 is 1.80 bits per heavy atom. The van der Waals surface area contributed by atoms with E-state index in [9.17, 15) is 0 Å². The molecule has 7 heteroatoms. The molecule has 1 aromatic rings. The zero-order chi connectivity index (χ0) is 14.2. The summed E-state index contributed by atoms with van der Waals surface area (Å²) < 4.78 is 10.7. The maximum absolute atomic E-state index is 5.36. The summed E-state index contributed by atoms with van der Waals surface area (Å²) in [5.41, 5.74) is 0. The van der Waals surface area contributed by atoms with Crippen LogP contribution in [0.25, 0.3) is 0 Å². The highest BCUT2D eigenvalue weighted by Gasteiger charge is 2.14. The SMILES string of the molecule is CCNc1nc(NCC2CCOCC2)nc(OCC)n1. The Morgan fingerprint density at radius 3 is 2.45 bits per heavy atom. The molecule has 0 saturated carbocycles. The molecule has 1 saturated heterocycles. The molecule has 1 aliphatic heterocycles. The second-order valence-electron chi connectivity index (χ2n) is 4.67. The summed E-state index contributed by atoms with van der Waals surface area (Å²) >= 11 is 0. The molecule has 0 bridgehead atoms. The minimum absolute atomic E-state index is 0.355. The summed E-state index contributed by atoms with van der Waals surface area (Å²) in [6.45, 7) is 7.74. The lowest BCUT2D eigenvalue weighted by atomic mass is 10.0. The van der Waals surface area contributed by atoms with E-state index in [1.165, 1.54) is 0 Å². The van der Waals surface area contributed by atoms with Crippen molar-refractivity contribution in [1.82, 2.24) is 15.0 Å². The van der Waals surface area contributed by atoms with Crippen LogP contribution in [0, 0.1) is 5.92 Å². The molecule has 0 spiro atoms. The molecule has 0 atom stereocenters. The Kier molecular flexibility index (Phi) is 5.79. The van der Waals surface area contributed by atoms with Crippen molar-refractivity contribution < 1.29 is 9.47 Å². The van der Waals surface area contributed by atoms with Crippen molar-refractivity contribution in [1.29, 1.82) is 0 Å². The first-order valence-electron chi connectivity index (χ1n) is 7.26. The highest BCUT2D eigenvalue weighted by molar-refractivity contribution is 5.35. The highest BCUT2D eigenvalue weighted by Crippen LogP contribution is 2.16. The number of hydrogen-bond donors (Lipinski definition) is 2. The van der Waals surface area contributed by atoms with Crippen LogP contribution in [0.2, 0.25) is 0 Å². The monoisotopic (exact) mass is 281 g/mol. The molecular formula is C13H23N5O2. The summed E-state index contributed by atoms with van der Waals surface area (Å²) in [4.78, 5) is 12.8. The normalized spacial score (nSPS) is 15.9. The Hall–Kier alpha value is -1.63. The second-order valence-corrected chi connectivity index (χ2v) is 4.67. The molecule has 0 aliphatic carbocycles. The van der Waals surface area contributed by atoms with Crippen LogP contribution in [0.1, 0.15) is 26.7 Å². The van der Waals surface area contributed by atoms with Crippen LogP contribution in [-0.2, 0) is 4.74 Å². The van der Waals surface area contributed by atoms with Gasteiger partial charge in [0, 0.05) is 26.3 Å². The number of nitrogens with one attached hydrogen (secondary N) is 2. The van der Waals surface area contributed by atoms with Crippen molar-refractivity contribution in [3.63, 3.8) is 0 Å². The Morgan fingerprint density at radius 1 is 1.10 bits per heavy atom. The molecular weight excluding hydrogens is 258 g/mol. The van der Waals surface area contributed by atoms with Crippen molar-refractivity contribution in [2.75, 3.05) is 43.5 Å². The van der Waals surface area contributed by atoms with Gasteiger partial charge < -0.3 is 20.1 Å². The molecule has 0 radical (unpaired) electrons. The highest BCUT2D eigenvalue weighted by atomic mass is 16.5. The van der Waals surface area contributed by atoms with Crippen molar-refractivity contribution in [3.8, 4) is 6.01 Å². The van der Waals surface area contributed by atoms with Gasteiger partial charge in [-0.25, -0.2) is 0 Å². The fourth-order valence-corrected chi connectivity index (χ4v) is 2.05. The lowest BCUT2D eigenvalue weighted by Crippen LogP contribution is -2.23. The first-order chi connectivity index (χ1) is 9.81. The average Bonchev–Trinajstić information content (AvgIpc) is 2.47. The lowest BCUT2D eigenvalue weighted by molar-refractivity contribution is 0.0699. The molecule has 7 nitrogen and oxygen atoms in total. The van der Waals surface area contributed by atoms with Gasteiger partial charge in [0.05, 0.1) is 6.61 Å². The molecule has 1 fully saturated rings. The number of ether oxygens (including phenoxy) is 2. The van der Waals surface area contributed by atoms with E-state index in [1.807, 2.05) is 13.8 Å². The molecule has 112 valence electrons. The number of hydrogen-bond acceptors (Lipinski definition) is 7. The third kappa shape index (κ3) is 4.48. The predicted octanol–water partition coefficient (Wildman–Crippen LogP) is 1.54. The Labute approximate surface area is 119 Å². The van der Waals surface area contributed by atoms with E-state index < -0.39 is 0 Å². The predicted molar refractivity (Wildman–Crippen MR) is 77.2 cm³/mol. The van der Waals surface area contributed by atoms with E-state index >= 15 is 0 Å². The van der Waals surface area contributed by atoms with Gasteiger partial charge in [0.25, 0.3) is 0 Å². The van der Waals surface area contributed by atoms with E-state index in [4.69, 9.17) is 9.47 Å². The van der Waals surface area contributed by atoms with Gasteiger partial charge in [-0.2, -0.15) is 15.0 Å². The van der Waals surface area contributed by atoms with Gasteiger partial charge in [-0.3, -0.25) is 0 Å². The van der Waals surface area contributed by atoms with E-state index in [2.05, 4.69) is 25.6 Å². The number of aromatic nitrogens is 3. The van der Waals surface area contributed by atoms with E-state index in [0.29, 0.717) is 30.4 Å². The number of anilines is 2. The zero-order valence-corrected chi connectivity index (χ0v) is 12.2. The first-order valence-corrected chi connectivity index (χ1v) is 7.26. The van der Waals surface area contributed by atoms with Crippen LogP contribution >= 0.6 is 0 Å². The average molecular weight is 281 g/mol. The molecule has 2 heterocycles. The zero-order valence-electron chi connectivity index (χ0n) is 12.2. The third-order valence-corrected chi connectivity index (χ3v) is 3.11. The number of rotatable bonds is 7. The fourth-order valence-electron chi connectivity index (χ4n) is 2.05. The maximum atomic E-state index is 5.36. The van der Waals surface area contributed by atoms with Crippen molar-refractivity contribution in [2.24, 2.45) is 5.92 Å². The van der Waals surface area contributed by atoms with E-state index in [1.54, 1.807) is 0 Å². The molecule has 1 aromatic heterocycles. The maximum Gasteiger partial charge on any atom is 0.323 e. The summed E-state index contributed by atoms with van der Waals surface area (Å²) in [5.74, 6) is 1.71. The molecule has 20 heavy (non-hydrogen) atoms. The molecule has 0 unspecified atom stereocenters. The Balaban J connectivity index is 1.97. The standard InChI is InChI=1S/C13H23N5O2/c1-3-14-11-16-12(18-13(17-11)20-4-2)15-9-10-5-7-19-8-6-10/h10H,3-9H2,1-2H3,(H2,14,15,16,17,18). The van der Waals surface area contributed by atoms with Crippen molar-refractivity contribution >= 4 is 11.9 Å². The fraction of sp³-hybridized carbons (Fsp3) is 0.769. The van der Waals surface area contributed by atoms with E-state index in [0.717, 1.165) is 39.1 Å². The van der Waals surface area contributed by atoms with Crippen molar-refractivity contribution in [2.45, 2.75) is 26.7 Å². The van der Waals surface area contributed by atoms with Crippen LogP contribution in [0.3, 0.4) is 0 Å². The van der Waals surface area contributed by atoms with Gasteiger partial charge in [-0.15, -0.1) is 0 Å². The van der Waals surface area contributed by atoms with Crippen LogP contribution in [0.5, 0.6) is 6.01 Å². The Bertz CT molecular complexity index is 385. The molecule has 0 amide bonds. The number of nitrogens with zero attached hydrogens (tertiary/aromatic N) is 3. The van der Waals surface area contributed by atoms with Gasteiger partial charge in [0.1, 0.15) is 0 Å². The summed E-state index contributed by atoms with van der Waals surface area (Å²) in [6, 6.07) is 0.355. The molecule has 1 aliphatic rings. The van der Waals surface area contributed by atoms with Gasteiger partial charge >= 0.3 is 6.01 Å². The van der Waals surface area contributed by atoms with Crippen LogP contribution in [-0.4, -0.2) is 47.9 Å². The largest absolute Gasteiger partial charge is 0.464 e. The topological polar surface area (TPSA) is 81.2 Å². The van der Waals surface area contributed by atoms with Gasteiger partial charge in [-0.1, -0.05) is 0 Å². The first kappa shape index (κ1) is 14.8. The summed E-state index contributed by atoms with van der Waals surface area (Å²) in [7, 11) is 0. The van der Waals surface area contributed by atoms with Crippen LogP contribution < -0.4 is 15.4 Å². The van der Waals surface area contributed by atoms with Crippen LogP contribution in [0.15, 0.2) is 0 Å². The molecule has 2 rings (SSSR count).